The van der Waals surface area contributed by atoms with Crippen LogP contribution in [0.1, 0.15) is 60.1 Å². The first-order chi connectivity index (χ1) is 11.0. The van der Waals surface area contributed by atoms with Crippen LogP contribution in [0.25, 0.3) is 0 Å². The second-order valence-electron chi connectivity index (χ2n) is 6.46. The fraction of sp³-hybridized carbons (Fsp3) is 0.444. The van der Waals surface area contributed by atoms with Crippen LogP contribution in [0.5, 0.6) is 0 Å². The summed E-state index contributed by atoms with van der Waals surface area (Å²) in [7, 11) is 0. The van der Waals surface area contributed by atoms with Crippen molar-refractivity contribution in [3.63, 3.8) is 0 Å². The molecule has 1 saturated carbocycles. The summed E-state index contributed by atoms with van der Waals surface area (Å²) in [6.07, 6.45) is 3.56. The minimum absolute atomic E-state index is 0.0305. The van der Waals surface area contributed by atoms with Gasteiger partial charge in [-0.15, -0.1) is 0 Å². The average Bonchev–Trinajstić information content (AvgIpc) is 3.26. The van der Waals surface area contributed by atoms with Crippen molar-refractivity contribution in [3.05, 3.63) is 53.2 Å². The summed E-state index contributed by atoms with van der Waals surface area (Å²) in [6, 6.07) is 9.24. The number of carboxylic acids is 1. The highest BCUT2D eigenvalue weighted by Gasteiger charge is 2.30. The Balaban J connectivity index is 1.68. The molecule has 122 valence electrons. The molecule has 0 bridgehead atoms. The number of hydrogen-bond donors (Lipinski definition) is 1. The van der Waals surface area contributed by atoms with Crippen molar-refractivity contribution in [3.8, 4) is 0 Å². The summed E-state index contributed by atoms with van der Waals surface area (Å²) in [5, 5.41) is 8.92. The molecule has 5 heteroatoms. The third-order valence-electron chi connectivity index (χ3n) is 4.20. The number of hydrogen-bond acceptors (Lipinski definition) is 4. The zero-order chi connectivity index (χ0) is 16.4. The highest BCUT2D eigenvalue weighted by atomic mass is 16.4. The minimum Gasteiger partial charge on any atom is -0.476 e. The van der Waals surface area contributed by atoms with Gasteiger partial charge in [-0.25, -0.2) is 9.78 Å². The van der Waals surface area contributed by atoms with E-state index in [9.17, 15) is 4.79 Å². The maximum Gasteiger partial charge on any atom is 0.357 e. The van der Waals surface area contributed by atoms with Gasteiger partial charge in [-0.05, 0) is 29.9 Å². The quantitative estimate of drug-likeness (QED) is 0.844. The SMILES string of the molecule is CC(C)c1ccc(CN(Cc2nc(C(=O)O)co2)C2CC2)cc1. The van der Waals surface area contributed by atoms with Crippen molar-refractivity contribution in [2.75, 3.05) is 0 Å². The fourth-order valence-corrected chi connectivity index (χ4v) is 2.65. The zero-order valence-electron chi connectivity index (χ0n) is 13.5. The summed E-state index contributed by atoms with van der Waals surface area (Å²) in [6.45, 7) is 5.75. The van der Waals surface area contributed by atoms with Crippen molar-refractivity contribution in [1.29, 1.82) is 0 Å². The van der Waals surface area contributed by atoms with E-state index >= 15 is 0 Å². The molecule has 1 aromatic carbocycles. The van der Waals surface area contributed by atoms with Gasteiger partial charge in [-0.3, -0.25) is 4.90 Å². The molecule has 1 aliphatic rings. The topological polar surface area (TPSA) is 66.6 Å². The summed E-state index contributed by atoms with van der Waals surface area (Å²) >= 11 is 0. The second kappa shape index (κ2) is 6.54. The Bertz CT molecular complexity index is 672. The van der Waals surface area contributed by atoms with Crippen molar-refractivity contribution in [1.82, 2.24) is 9.88 Å². The van der Waals surface area contributed by atoms with Gasteiger partial charge >= 0.3 is 5.97 Å². The molecule has 1 fully saturated rings. The summed E-state index contributed by atoms with van der Waals surface area (Å²) in [5.74, 6) is -0.0549. The van der Waals surface area contributed by atoms with Crippen LogP contribution in [0, 0.1) is 0 Å². The van der Waals surface area contributed by atoms with Crippen LogP contribution in [-0.4, -0.2) is 27.0 Å². The van der Waals surface area contributed by atoms with Crippen LogP contribution in [0.4, 0.5) is 0 Å². The lowest BCUT2D eigenvalue weighted by molar-refractivity contribution is 0.0690. The Kier molecular flexibility index (Phi) is 4.48. The first-order valence-corrected chi connectivity index (χ1v) is 8.03. The summed E-state index contributed by atoms with van der Waals surface area (Å²) in [5.41, 5.74) is 2.56. The number of carboxylic acid groups (broad SMARTS) is 1. The van der Waals surface area contributed by atoms with E-state index in [1.807, 2.05) is 0 Å². The molecule has 0 radical (unpaired) electrons. The van der Waals surface area contributed by atoms with Gasteiger partial charge in [0.2, 0.25) is 5.89 Å². The van der Waals surface area contributed by atoms with Gasteiger partial charge in [0.1, 0.15) is 6.26 Å². The number of aromatic carboxylic acids is 1. The van der Waals surface area contributed by atoms with E-state index in [1.165, 1.54) is 30.2 Å². The Labute approximate surface area is 135 Å². The van der Waals surface area contributed by atoms with E-state index in [2.05, 4.69) is 48.0 Å². The molecule has 2 aromatic rings. The van der Waals surface area contributed by atoms with Gasteiger partial charge in [0.25, 0.3) is 0 Å². The molecule has 23 heavy (non-hydrogen) atoms. The van der Waals surface area contributed by atoms with Gasteiger partial charge in [0.15, 0.2) is 5.69 Å². The summed E-state index contributed by atoms with van der Waals surface area (Å²) in [4.78, 5) is 17.2. The molecule has 1 aliphatic carbocycles. The Morgan fingerprint density at radius 1 is 1.30 bits per heavy atom. The number of oxazole rings is 1. The predicted molar refractivity (Wildman–Crippen MR) is 86.3 cm³/mol. The maximum atomic E-state index is 10.9. The van der Waals surface area contributed by atoms with Gasteiger partial charge in [0.05, 0.1) is 6.54 Å². The van der Waals surface area contributed by atoms with Crippen LogP contribution in [0.2, 0.25) is 0 Å². The third-order valence-corrected chi connectivity index (χ3v) is 4.20. The number of aromatic nitrogens is 1. The van der Waals surface area contributed by atoms with Gasteiger partial charge in [0, 0.05) is 12.6 Å². The number of carbonyl (C=O) groups is 1. The van der Waals surface area contributed by atoms with Crippen molar-refractivity contribution in [2.24, 2.45) is 0 Å². The van der Waals surface area contributed by atoms with Gasteiger partial charge < -0.3 is 9.52 Å². The molecule has 0 unspecified atom stereocenters. The van der Waals surface area contributed by atoms with Crippen LogP contribution >= 0.6 is 0 Å². The number of rotatable bonds is 7. The molecule has 0 aliphatic heterocycles. The third kappa shape index (κ3) is 3.99. The van der Waals surface area contributed by atoms with E-state index in [4.69, 9.17) is 9.52 Å². The maximum absolute atomic E-state index is 10.9. The molecular weight excluding hydrogens is 292 g/mol. The molecule has 0 atom stereocenters. The first kappa shape index (κ1) is 15.7. The molecule has 3 rings (SSSR count). The summed E-state index contributed by atoms with van der Waals surface area (Å²) < 4.78 is 5.29. The number of nitrogens with zero attached hydrogens (tertiary/aromatic N) is 2. The molecule has 0 amide bonds. The van der Waals surface area contributed by atoms with Crippen molar-refractivity contribution >= 4 is 5.97 Å². The predicted octanol–water partition coefficient (Wildman–Crippen LogP) is 3.66. The lowest BCUT2D eigenvalue weighted by Gasteiger charge is -2.20. The largest absolute Gasteiger partial charge is 0.476 e. The van der Waals surface area contributed by atoms with E-state index in [1.54, 1.807) is 0 Å². The molecule has 0 spiro atoms. The van der Waals surface area contributed by atoms with E-state index in [-0.39, 0.29) is 5.69 Å². The van der Waals surface area contributed by atoms with E-state index < -0.39 is 5.97 Å². The van der Waals surface area contributed by atoms with Crippen LogP contribution in [0.15, 0.2) is 34.9 Å². The minimum atomic E-state index is -1.05. The molecule has 1 aromatic heterocycles. The lowest BCUT2D eigenvalue weighted by Crippen LogP contribution is -2.25. The lowest BCUT2D eigenvalue weighted by atomic mass is 10.0. The van der Waals surface area contributed by atoms with Gasteiger partial charge in [-0.2, -0.15) is 0 Å². The van der Waals surface area contributed by atoms with Crippen LogP contribution in [0.3, 0.4) is 0 Å². The van der Waals surface area contributed by atoms with Crippen molar-refractivity contribution < 1.29 is 14.3 Å². The molecule has 0 saturated heterocycles. The zero-order valence-corrected chi connectivity index (χ0v) is 13.5. The highest BCUT2D eigenvalue weighted by Crippen LogP contribution is 2.30. The van der Waals surface area contributed by atoms with Crippen LogP contribution in [-0.2, 0) is 13.1 Å². The number of benzene rings is 1. The average molecular weight is 314 g/mol. The normalized spacial score (nSPS) is 14.6. The first-order valence-electron chi connectivity index (χ1n) is 8.03. The standard InChI is InChI=1S/C18H22N2O3/c1-12(2)14-5-3-13(4-6-14)9-20(15-7-8-15)10-17-19-16(11-23-17)18(21)22/h3-6,11-12,15H,7-10H2,1-2H3,(H,21,22). The molecule has 1 heterocycles. The van der Waals surface area contributed by atoms with Crippen LogP contribution < -0.4 is 0 Å². The Morgan fingerprint density at radius 2 is 2.00 bits per heavy atom. The van der Waals surface area contributed by atoms with Crippen molar-refractivity contribution in [2.45, 2.75) is 51.7 Å². The van der Waals surface area contributed by atoms with E-state index in [0.29, 0.717) is 24.4 Å². The smallest absolute Gasteiger partial charge is 0.357 e. The molecular formula is C18H22N2O3. The second-order valence-corrected chi connectivity index (χ2v) is 6.46. The fourth-order valence-electron chi connectivity index (χ4n) is 2.65. The monoisotopic (exact) mass is 314 g/mol. The van der Waals surface area contributed by atoms with E-state index in [0.717, 1.165) is 6.54 Å². The van der Waals surface area contributed by atoms with Gasteiger partial charge in [-0.1, -0.05) is 38.1 Å². The Hall–Kier alpha value is -2.14. The molecule has 1 N–H and O–H groups in total. The Morgan fingerprint density at radius 3 is 2.52 bits per heavy atom. The molecule has 5 nitrogen and oxygen atoms in total. The highest BCUT2D eigenvalue weighted by molar-refractivity contribution is 5.84.